The van der Waals surface area contributed by atoms with Gasteiger partial charge in [0.15, 0.2) is 5.69 Å². The number of pyridine rings is 1. The molecule has 0 fully saturated rings. The summed E-state index contributed by atoms with van der Waals surface area (Å²) in [6, 6.07) is 3.24. The number of anilines is 1. The van der Waals surface area contributed by atoms with Gasteiger partial charge in [0, 0.05) is 5.54 Å². The first kappa shape index (κ1) is 15.8. The van der Waals surface area contributed by atoms with Gasteiger partial charge in [-0.2, -0.15) is 0 Å². The van der Waals surface area contributed by atoms with Crippen molar-refractivity contribution in [3.63, 3.8) is 0 Å². The Hall–Kier alpha value is -1.29. The topological polar surface area (TPSA) is 62.2 Å². The fraction of sp³-hybridized carbons (Fsp3) is 0.571. The van der Waals surface area contributed by atoms with E-state index in [1.165, 1.54) is 0 Å². The molecule has 0 amide bonds. The molecule has 0 atom stereocenters. The molecule has 0 bridgehead atoms. The Morgan fingerprint density at radius 2 is 1.89 bits per heavy atom. The summed E-state index contributed by atoms with van der Waals surface area (Å²) in [5.41, 5.74) is -0.147. The fourth-order valence-corrected chi connectivity index (χ4v) is 2.56. The third-order valence-electron chi connectivity index (χ3n) is 2.49. The van der Waals surface area contributed by atoms with Crippen molar-refractivity contribution >= 4 is 23.4 Å². The van der Waals surface area contributed by atoms with Crippen molar-refractivity contribution in [2.24, 2.45) is 5.41 Å². The van der Waals surface area contributed by atoms with Gasteiger partial charge in [0.05, 0.1) is 5.02 Å². The van der Waals surface area contributed by atoms with Crippen LogP contribution in [0, 0.1) is 5.41 Å². The van der Waals surface area contributed by atoms with Crippen LogP contribution >= 0.6 is 11.6 Å². The molecule has 0 aliphatic rings. The molecule has 1 heterocycles. The lowest BCUT2D eigenvalue weighted by Crippen LogP contribution is -2.35. The van der Waals surface area contributed by atoms with Gasteiger partial charge in [-0.1, -0.05) is 32.4 Å². The molecular weight excluding hydrogens is 264 g/mol. The summed E-state index contributed by atoms with van der Waals surface area (Å²) in [4.78, 5) is 15.0. The SMILES string of the molecule is CC(C)(C)CC(C)(C)Nc1ccc(Cl)c(C(=O)O)n1. The Balaban J connectivity index is 2.94. The van der Waals surface area contributed by atoms with Crippen molar-refractivity contribution in [1.29, 1.82) is 0 Å². The van der Waals surface area contributed by atoms with E-state index in [4.69, 9.17) is 16.7 Å². The quantitative estimate of drug-likeness (QED) is 0.875. The highest BCUT2D eigenvalue weighted by Gasteiger charge is 2.26. The van der Waals surface area contributed by atoms with Crippen LogP contribution in [0.2, 0.25) is 5.02 Å². The van der Waals surface area contributed by atoms with Gasteiger partial charge in [-0.3, -0.25) is 0 Å². The lowest BCUT2D eigenvalue weighted by molar-refractivity contribution is 0.0690. The number of nitrogens with zero attached hydrogens (tertiary/aromatic N) is 1. The van der Waals surface area contributed by atoms with Gasteiger partial charge in [0.2, 0.25) is 0 Å². The molecule has 0 spiro atoms. The van der Waals surface area contributed by atoms with Gasteiger partial charge in [0.1, 0.15) is 5.82 Å². The molecule has 1 aromatic heterocycles. The summed E-state index contributed by atoms with van der Waals surface area (Å²) in [7, 11) is 0. The standard InChI is InChI=1S/C14H21ClN2O2/c1-13(2,3)8-14(4,5)17-10-7-6-9(15)11(16-10)12(18)19/h6-7H,8H2,1-5H3,(H,16,17)(H,18,19). The Morgan fingerprint density at radius 1 is 1.32 bits per heavy atom. The van der Waals surface area contributed by atoms with Crippen molar-refractivity contribution in [2.75, 3.05) is 5.32 Å². The number of carboxylic acids is 1. The zero-order valence-corrected chi connectivity index (χ0v) is 12.8. The lowest BCUT2D eigenvalue weighted by Gasteiger charge is -2.33. The molecule has 0 saturated carbocycles. The van der Waals surface area contributed by atoms with Crippen molar-refractivity contribution < 1.29 is 9.90 Å². The molecule has 4 nitrogen and oxygen atoms in total. The zero-order chi connectivity index (χ0) is 14.8. The second-order valence-electron chi connectivity index (χ2n) is 6.58. The van der Waals surface area contributed by atoms with Crippen LogP contribution in [-0.4, -0.2) is 21.6 Å². The highest BCUT2D eigenvalue weighted by atomic mass is 35.5. The van der Waals surface area contributed by atoms with Crippen LogP contribution in [0.15, 0.2) is 12.1 Å². The van der Waals surface area contributed by atoms with Crippen molar-refractivity contribution in [2.45, 2.75) is 46.6 Å². The molecular formula is C14H21ClN2O2. The lowest BCUT2D eigenvalue weighted by atomic mass is 9.82. The molecule has 0 aromatic carbocycles. The van der Waals surface area contributed by atoms with Gasteiger partial charge in [-0.25, -0.2) is 9.78 Å². The van der Waals surface area contributed by atoms with Crippen LogP contribution in [0.1, 0.15) is 51.5 Å². The van der Waals surface area contributed by atoms with Crippen LogP contribution in [-0.2, 0) is 0 Å². The molecule has 1 aromatic rings. The zero-order valence-electron chi connectivity index (χ0n) is 12.0. The molecule has 19 heavy (non-hydrogen) atoms. The maximum absolute atomic E-state index is 11.0. The molecule has 0 radical (unpaired) electrons. The van der Waals surface area contributed by atoms with Crippen LogP contribution in [0.4, 0.5) is 5.82 Å². The van der Waals surface area contributed by atoms with E-state index in [2.05, 4.69) is 44.9 Å². The molecule has 0 saturated heterocycles. The maximum Gasteiger partial charge on any atom is 0.356 e. The number of aromatic carboxylic acids is 1. The molecule has 5 heteroatoms. The first-order chi connectivity index (χ1) is 8.50. The molecule has 0 unspecified atom stereocenters. The van der Waals surface area contributed by atoms with E-state index in [0.29, 0.717) is 5.82 Å². The summed E-state index contributed by atoms with van der Waals surface area (Å²) >= 11 is 5.80. The molecule has 106 valence electrons. The van der Waals surface area contributed by atoms with Crippen molar-refractivity contribution in [3.05, 3.63) is 22.8 Å². The number of carbonyl (C=O) groups is 1. The second kappa shape index (κ2) is 5.37. The highest BCUT2D eigenvalue weighted by molar-refractivity contribution is 6.33. The smallest absolute Gasteiger partial charge is 0.356 e. The van der Waals surface area contributed by atoms with E-state index in [0.717, 1.165) is 6.42 Å². The largest absolute Gasteiger partial charge is 0.476 e. The van der Waals surface area contributed by atoms with Crippen molar-refractivity contribution in [1.82, 2.24) is 4.98 Å². The van der Waals surface area contributed by atoms with E-state index in [9.17, 15) is 4.79 Å². The molecule has 2 N–H and O–H groups in total. The van der Waals surface area contributed by atoms with Gasteiger partial charge in [-0.15, -0.1) is 0 Å². The van der Waals surface area contributed by atoms with Gasteiger partial charge < -0.3 is 10.4 Å². The predicted molar refractivity (Wildman–Crippen MR) is 78.0 cm³/mol. The third kappa shape index (κ3) is 5.07. The minimum Gasteiger partial charge on any atom is -0.476 e. The Labute approximate surface area is 119 Å². The second-order valence-corrected chi connectivity index (χ2v) is 6.99. The van der Waals surface area contributed by atoms with E-state index in [-0.39, 0.29) is 21.7 Å². The molecule has 1 rings (SSSR count). The summed E-state index contributed by atoms with van der Waals surface area (Å²) < 4.78 is 0. The minimum atomic E-state index is -1.12. The van der Waals surface area contributed by atoms with E-state index in [1.54, 1.807) is 12.1 Å². The number of hydrogen-bond donors (Lipinski definition) is 2. The van der Waals surface area contributed by atoms with Crippen LogP contribution in [0.25, 0.3) is 0 Å². The van der Waals surface area contributed by atoms with Gasteiger partial charge in [-0.05, 0) is 37.8 Å². The minimum absolute atomic E-state index is 0.127. The predicted octanol–water partition coefficient (Wildman–Crippen LogP) is 4.06. The first-order valence-electron chi connectivity index (χ1n) is 6.18. The van der Waals surface area contributed by atoms with E-state index >= 15 is 0 Å². The maximum atomic E-state index is 11.0. The average molecular weight is 285 g/mol. The first-order valence-corrected chi connectivity index (χ1v) is 6.56. The number of aromatic nitrogens is 1. The number of halogens is 1. The number of rotatable bonds is 4. The Bertz CT molecular complexity index is 479. The van der Waals surface area contributed by atoms with Crippen LogP contribution in [0.5, 0.6) is 0 Å². The number of hydrogen-bond acceptors (Lipinski definition) is 3. The summed E-state index contributed by atoms with van der Waals surface area (Å²) in [5.74, 6) is -0.599. The Kier molecular flexibility index (Phi) is 4.46. The van der Waals surface area contributed by atoms with Crippen LogP contribution in [0.3, 0.4) is 0 Å². The van der Waals surface area contributed by atoms with Crippen LogP contribution < -0.4 is 5.32 Å². The summed E-state index contributed by atoms with van der Waals surface area (Å²) in [6.07, 6.45) is 0.923. The van der Waals surface area contributed by atoms with E-state index < -0.39 is 5.97 Å². The summed E-state index contributed by atoms with van der Waals surface area (Å²) in [6.45, 7) is 10.6. The third-order valence-corrected chi connectivity index (χ3v) is 2.79. The highest BCUT2D eigenvalue weighted by Crippen LogP contribution is 2.29. The van der Waals surface area contributed by atoms with Gasteiger partial charge in [0.25, 0.3) is 0 Å². The Morgan fingerprint density at radius 3 is 2.37 bits per heavy atom. The van der Waals surface area contributed by atoms with Gasteiger partial charge >= 0.3 is 5.97 Å². The fourth-order valence-electron chi connectivity index (χ4n) is 2.38. The molecule has 0 aliphatic carbocycles. The van der Waals surface area contributed by atoms with Crippen molar-refractivity contribution in [3.8, 4) is 0 Å². The normalized spacial score (nSPS) is 12.3. The number of nitrogens with one attached hydrogen (secondary N) is 1. The monoisotopic (exact) mass is 284 g/mol. The number of carboxylic acid groups (broad SMARTS) is 1. The molecule has 0 aliphatic heterocycles. The summed E-state index contributed by atoms with van der Waals surface area (Å²) in [5, 5.41) is 12.4. The van der Waals surface area contributed by atoms with E-state index in [1.807, 2.05) is 0 Å². The average Bonchev–Trinajstić information content (AvgIpc) is 2.16.